The summed E-state index contributed by atoms with van der Waals surface area (Å²) in [6.45, 7) is 5.84. The first-order chi connectivity index (χ1) is 4.95. The van der Waals surface area contributed by atoms with Gasteiger partial charge in [-0.25, -0.2) is 0 Å². The molecule has 0 aromatic rings. The number of ketones is 1. The molecule has 1 aliphatic rings. The van der Waals surface area contributed by atoms with Crippen LogP contribution in [-0.2, 0) is 4.79 Å². The van der Waals surface area contributed by atoms with Crippen molar-refractivity contribution in [2.45, 2.75) is 39.7 Å². The molecule has 0 spiro atoms. The van der Waals surface area contributed by atoms with E-state index in [4.69, 9.17) is 0 Å². The number of rotatable bonds is 0. The molecule has 64 valence electrons. The molecule has 11 heavy (non-hydrogen) atoms. The van der Waals surface area contributed by atoms with Crippen LogP contribution in [0.2, 0.25) is 0 Å². The Bertz CT molecular complexity index is 172. The molecule has 0 aromatic heterocycles. The SMILES string of the molecule is CC1C(=O)CCC(C)(C)C1O. The molecular formula is C9H16O2. The number of aliphatic hydroxyl groups is 1. The number of Topliss-reactive ketones (excluding diaryl/α,β-unsaturated/α-hetero) is 1. The van der Waals surface area contributed by atoms with Crippen LogP contribution in [0.4, 0.5) is 0 Å². The van der Waals surface area contributed by atoms with Gasteiger partial charge in [-0.3, -0.25) is 4.79 Å². The van der Waals surface area contributed by atoms with E-state index in [-0.39, 0.29) is 17.1 Å². The molecule has 1 rings (SSSR count). The molecule has 0 aliphatic heterocycles. The van der Waals surface area contributed by atoms with Crippen molar-refractivity contribution in [1.82, 2.24) is 0 Å². The maximum absolute atomic E-state index is 11.1. The summed E-state index contributed by atoms with van der Waals surface area (Å²) in [6.07, 6.45) is 0.992. The van der Waals surface area contributed by atoms with Gasteiger partial charge < -0.3 is 5.11 Å². The number of aliphatic hydroxyl groups excluding tert-OH is 1. The van der Waals surface area contributed by atoms with Gasteiger partial charge in [-0.1, -0.05) is 20.8 Å². The summed E-state index contributed by atoms with van der Waals surface area (Å²) in [5.74, 6) is 0.0376. The first-order valence-electron chi connectivity index (χ1n) is 4.16. The zero-order chi connectivity index (χ0) is 8.65. The standard InChI is InChI=1S/C9H16O2/c1-6-7(10)4-5-9(2,3)8(6)11/h6,8,11H,4-5H2,1-3H3. The number of carbonyl (C=O) groups is 1. The summed E-state index contributed by atoms with van der Waals surface area (Å²) >= 11 is 0. The van der Waals surface area contributed by atoms with Crippen molar-refractivity contribution in [2.24, 2.45) is 11.3 Å². The molecule has 0 heterocycles. The van der Waals surface area contributed by atoms with Crippen LogP contribution in [0.25, 0.3) is 0 Å². The molecule has 0 bridgehead atoms. The van der Waals surface area contributed by atoms with Crippen LogP contribution in [0, 0.1) is 11.3 Å². The van der Waals surface area contributed by atoms with Gasteiger partial charge in [-0.2, -0.15) is 0 Å². The van der Waals surface area contributed by atoms with E-state index in [9.17, 15) is 9.90 Å². The minimum atomic E-state index is -0.455. The van der Waals surface area contributed by atoms with Crippen LogP contribution in [0.5, 0.6) is 0 Å². The average molecular weight is 156 g/mol. The highest BCUT2D eigenvalue weighted by atomic mass is 16.3. The zero-order valence-corrected chi connectivity index (χ0v) is 7.42. The van der Waals surface area contributed by atoms with Crippen molar-refractivity contribution in [3.05, 3.63) is 0 Å². The minimum Gasteiger partial charge on any atom is -0.392 e. The normalized spacial score (nSPS) is 37.3. The molecule has 1 N–H and O–H groups in total. The fraction of sp³-hybridized carbons (Fsp3) is 0.889. The predicted octanol–water partition coefficient (Wildman–Crippen LogP) is 1.37. The van der Waals surface area contributed by atoms with Crippen LogP contribution in [0.3, 0.4) is 0 Å². The Kier molecular flexibility index (Phi) is 2.06. The smallest absolute Gasteiger partial charge is 0.138 e. The third-order valence-corrected chi connectivity index (χ3v) is 2.80. The van der Waals surface area contributed by atoms with Gasteiger partial charge in [0.25, 0.3) is 0 Å². The van der Waals surface area contributed by atoms with E-state index in [1.54, 1.807) is 0 Å². The van der Waals surface area contributed by atoms with E-state index in [0.717, 1.165) is 6.42 Å². The molecular weight excluding hydrogens is 140 g/mol. The maximum Gasteiger partial charge on any atom is 0.138 e. The highest BCUT2D eigenvalue weighted by Gasteiger charge is 2.39. The third kappa shape index (κ3) is 1.45. The van der Waals surface area contributed by atoms with Crippen molar-refractivity contribution >= 4 is 5.78 Å². The van der Waals surface area contributed by atoms with Gasteiger partial charge in [0.15, 0.2) is 0 Å². The van der Waals surface area contributed by atoms with E-state index in [2.05, 4.69) is 0 Å². The molecule has 0 aromatic carbocycles. The largest absolute Gasteiger partial charge is 0.392 e. The fourth-order valence-corrected chi connectivity index (χ4v) is 1.67. The van der Waals surface area contributed by atoms with Crippen molar-refractivity contribution in [3.63, 3.8) is 0 Å². The Balaban J connectivity index is 2.75. The van der Waals surface area contributed by atoms with Gasteiger partial charge in [-0.15, -0.1) is 0 Å². The second-order valence-electron chi connectivity index (χ2n) is 4.19. The molecule has 0 radical (unpaired) electrons. The monoisotopic (exact) mass is 156 g/mol. The minimum absolute atomic E-state index is 0.0761. The van der Waals surface area contributed by atoms with Gasteiger partial charge in [0.2, 0.25) is 0 Å². The van der Waals surface area contributed by atoms with Crippen molar-refractivity contribution < 1.29 is 9.90 Å². The van der Waals surface area contributed by atoms with E-state index in [1.807, 2.05) is 20.8 Å². The molecule has 2 heteroatoms. The lowest BCUT2D eigenvalue weighted by Crippen LogP contribution is -2.43. The molecule has 1 fully saturated rings. The van der Waals surface area contributed by atoms with E-state index in [0.29, 0.717) is 6.42 Å². The predicted molar refractivity (Wildman–Crippen MR) is 43.2 cm³/mol. The van der Waals surface area contributed by atoms with Gasteiger partial charge >= 0.3 is 0 Å². The lowest BCUT2D eigenvalue weighted by atomic mass is 9.70. The first-order valence-corrected chi connectivity index (χ1v) is 4.16. The number of carbonyl (C=O) groups excluding carboxylic acids is 1. The average Bonchev–Trinajstić information content (AvgIpc) is 1.95. The van der Waals surface area contributed by atoms with Gasteiger partial charge in [0.1, 0.15) is 5.78 Å². The van der Waals surface area contributed by atoms with Crippen molar-refractivity contribution in [2.75, 3.05) is 0 Å². The van der Waals surface area contributed by atoms with E-state index < -0.39 is 6.10 Å². The molecule has 1 aliphatic carbocycles. The summed E-state index contributed by atoms with van der Waals surface area (Å²) < 4.78 is 0. The molecule has 2 atom stereocenters. The highest BCUT2D eigenvalue weighted by molar-refractivity contribution is 5.82. The van der Waals surface area contributed by atoms with E-state index >= 15 is 0 Å². The maximum atomic E-state index is 11.1. The topological polar surface area (TPSA) is 37.3 Å². The Hall–Kier alpha value is -0.370. The summed E-state index contributed by atoms with van der Waals surface area (Å²) in [5, 5.41) is 9.66. The summed E-state index contributed by atoms with van der Waals surface area (Å²) in [7, 11) is 0. The molecule has 0 amide bonds. The lowest BCUT2D eigenvalue weighted by molar-refractivity contribution is -0.135. The molecule has 0 saturated heterocycles. The summed E-state index contributed by atoms with van der Waals surface area (Å²) in [4.78, 5) is 11.1. The van der Waals surface area contributed by atoms with Crippen LogP contribution in [-0.4, -0.2) is 17.0 Å². The molecule has 2 nitrogen and oxygen atoms in total. The van der Waals surface area contributed by atoms with Crippen LogP contribution in [0.1, 0.15) is 33.6 Å². The van der Waals surface area contributed by atoms with Crippen LogP contribution < -0.4 is 0 Å². The Morgan fingerprint density at radius 2 is 2.09 bits per heavy atom. The van der Waals surface area contributed by atoms with E-state index in [1.165, 1.54) is 0 Å². The second-order valence-corrected chi connectivity index (χ2v) is 4.19. The first kappa shape index (κ1) is 8.72. The van der Waals surface area contributed by atoms with Gasteiger partial charge in [0, 0.05) is 12.3 Å². The summed E-state index contributed by atoms with van der Waals surface area (Å²) in [5.41, 5.74) is -0.0761. The highest BCUT2D eigenvalue weighted by Crippen LogP contribution is 2.36. The van der Waals surface area contributed by atoms with Crippen molar-refractivity contribution in [3.8, 4) is 0 Å². The van der Waals surface area contributed by atoms with Crippen LogP contribution in [0.15, 0.2) is 0 Å². The Morgan fingerprint density at radius 3 is 2.55 bits per heavy atom. The Labute approximate surface area is 67.6 Å². The van der Waals surface area contributed by atoms with Crippen molar-refractivity contribution in [1.29, 1.82) is 0 Å². The lowest BCUT2D eigenvalue weighted by Gasteiger charge is -2.38. The summed E-state index contributed by atoms with van der Waals surface area (Å²) in [6, 6.07) is 0. The third-order valence-electron chi connectivity index (χ3n) is 2.80. The zero-order valence-electron chi connectivity index (χ0n) is 7.42. The number of hydrogen-bond donors (Lipinski definition) is 1. The van der Waals surface area contributed by atoms with Gasteiger partial charge in [0.05, 0.1) is 6.10 Å². The van der Waals surface area contributed by atoms with Crippen LogP contribution >= 0.6 is 0 Å². The molecule has 1 saturated carbocycles. The second kappa shape index (κ2) is 2.59. The number of hydrogen-bond acceptors (Lipinski definition) is 2. The Morgan fingerprint density at radius 1 is 1.55 bits per heavy atom. The molecule has 2 unspecified atom stereocenters. The van der Waals surface area contributed by atoms with Gasteiger partial charge in [-0.05, 0) is 11.8 Å². The fourth-order valence-electron chi connectivity index (χ4n) is 1.67. The quantitative estimate of drug-likeness (QED) is 0.575.